The van der Waals surface area contributed by atoms with Crippen molar-refractivity contribution >= 4 is 15.9 Å². The van der Waals surface area contributed by atoms with Gasteiger partial charge in [0.15, 0.2) is 0 Å². The zero-order chi connectivity index (χ0) is 11.8. The van der Waals surface area contributed by atoms with E-state index >= 15 is 0 Å². The number of benzene rings is 1. The molecule has 1 saturated carbocycles. The molecule has 0 aliphatic heterocycles. The zero-order valence-electron chi connectivity index (χ0n) is 8.92. The predicted octanol–water partition coefficient (Wildman–Crippen LogP) is 2.23. The summed E-state index contributed by atoms with van der Waals surface area (Å²) in [4.78, 5) is 0. The van der Waals surface area contributed by atoms with Gasteiger partial charge in [-0.05, 0) is 42.5 Å². The molecule has 2 rings (SSSR count). The summed E-state index contributed by atoms with van der Waals surface area (Å²) in [7, 11) is 0. The average Bonchev–Trinajstić information content (AvgIpc) is 2.98. The smallest absolute Gasteiger partial charge is 0.124 e. The van der Waals surface area contributed by atoms with Crippen LogP contribution in [0.15, 0.2) is 22.7 Å². The van der Waals surface area contributed by atoms with Crippen molar-refractivity contribution in [1.29, 1.82) is 0 Å². The highest BCUT2D eigenvalue weighted by atomic mass is 79.9. The zero-order valence-corrected chi connectivity index (χ0v) is 10.5. The van der Waals surface area contributed by atoms with Gasteiger partial charge in [0.1, 0.15) is 5.82 Å². The highest BCUT2D eigenvalue weighted by Crippen LogP contribution is 2.41. The van der Waals surface area contributed by atoms with Gasteiger partial charge in [-0.2, -0.15) is 0 Å². The van der Waals surface area contributed by atoms with Gasteiger partial charge in [0.25, 0.3) is 0 Å². The minimum atomic E-state index is -0.868. The second-order valence-corrected chi connectivity index (χ2v) is 5.45. The largest absolute Gasteiger partial charge is 0.388 e. The first-order valence-corrected chi connectivity index (χ1v) is 6.20. The molecule has 1 aliphatic carbocycles. The Bertz CT molecular complexity index is 374. The Morgan fingerprint density at radius 2 is 2.12 bits per heavy atom. The summed E-state index contributed by atoms with van der Waals surface area (Å²) in [5.74, 6) is -0.0147. The lowest BCUT2D eigenvalue weighted by Gasteiger charge is -2.26. The highest BCUT2D eigenvalue weighted by molar-refractivity contribution is 9.10. The molecule has 1 atom stereocenters. The number of hydrogen-bond acceptors (Lipinski definition) is 2. The van der Waals surface area contributed by atoms with E-state index in [4.69, 9.17) is 5.73 Å². The number of nitrogens with two attached hydrogens (primary N) is 1. The van der Waals surface area contributed by atoms with Gasteiger partial charge in [0.2, 0.25) is 0 Å². The predicted molar refractivity (Wildman–Crippen MR) is 64.5 cm³/mol. The number of hydrogen-bond donors (Lipinski definition) is 2. The maximum Gasteiger partial charge on any atom is 0.124 e. The van der Waals surface area contributed by atoms with E-state index in [1.165, 1.54) is 12.1 Å². The van der Waals surface area contributed by atoms with Crippen LogP contribution in [0.3, 0.4) is 0 Å². The molecule has 1 unspecified atom stereocenters. The molecular weight excluding hydrogens is 273 g/mol. The number of aliphatic hydroxyl groups is 1. The lowest BCUT2D eigenvalue weighted by atomic mass is 9.90. The van der Waals surface area contributed by atoms with E-state index in [-0.39, 0.29) is 18.3 Å². The van der Waals surface area contributed by atoms with Crippen molar-refractivity contribution in [3.8, 4) is 0 Å². The van der Waals surface area contributed by atoms with Crippen LogP contribution in [-0.4, -0.2) is 17.3 Å². The Morgan fingerprint density at radius 3 is 2.62 bits per heavy atom. The van der Waals surface area contributed by atoms with Crippen LogP contribution in [0.1, 0.15) is 18.4 Å². The topological polar surface area (TPSA) is 46.2 Å². The summed E-state index contributed by atoms with van der Waals surface area (Å²) in [5.41, 5.74) is 5.53. The number of halogens is 2. The first-order valence-electron chi connectivity index (χ1n) is 5.41. The highest BCUT2D eigenvalue weighted by Gasteiger charge is 2.42. The van der Waals surface area contributed by atoms with E-state index in [1.807, 2.05) is 6.07 Å². The molecule has 0 amide bonds. The fraction of sp³-hybridized carbons (Fsp3) is 0.500. The van der Waals surface area contributed by atoms with Crippen LogP contribution in [0, 0.1) is 11.7 Å². The Hall–Kier alpha value is -0.450. The molecule has 0 saturated heterocycles. The van der Waals surface area contributed by atoms with E-state index in [0.29, 0.717) is 10.9 Å². The van der Waals surface area contributed by atoms with Crippen molar-refractivity contribution in [3.63, 3.8) is 0 Å². The van der Waals surface area contributed by atoms with Crippen LogP contribution in [0.25, 0.3) is 0 Å². The molecule has 0 heterocycles. The minimum Gasteiger partial charge on any atom is -0.388 e. The summed E-state index contributed by atoms with van der Waals surface area (Å²) in [6.45, 7) is 0.228. The SMILES string of the molecule is NCC(O)(Cc1cc(F)cc(Br)c1)C1CC1. The minimum absolute atomic E-state index is 0.228. The quantitative estimate of drug-likeness (QED) is 0.892. The van der Waals surface area contributed by atoms with Crippen LogP contribution in [-0.2, 0) is 6.42 Å². The van der Waals surface area contributed by atoms with Gasteiger partial charge in [-0.25, -0.2) is 4.39 Å². The van der Waals surface area contributed by atoms with Crippen LogP contribution in [0.4, 0.5) is 4.39 Å². The van der Waals surface area contributed by atoms with Crippen LogP contribution in [0.5, 0.6) is 0 Å². The molecule has 4 heteroatoms. The Morgan fingerprint density at radius 1 is 1.44 bits per heavy atom. The third-order valence-corrected chi connectivity index (χ3v) is 3.58. The maximum absolute atomic E-state index is 13.2. The summed E-state index contributed by atoms with van der Waals surface area (Å²) >= 11 is 3.24. The molecule has 16 heavy (non-hydrogen) atoms. The van der Waals surface area contributed by atoms with Gasteiger partial charge < -0.3 is 10.8 Å². The number of rotatable bonds is 4. The second-order valence-electron chi connectivity index (χ2n) is 4.54. The van der Waals surface area contributed by atoms with E-state index in [0.717, 1.165) is 18.4 Å². The van der Waals surface area contributed by atoms with Gasteiger partial charge in [-0.1, -0.05) is 15.9 Å². The first kappa shape index (κ1) is 12.0. The van der Waals surface area contributed by atoms with Crippen molar-refractivity contribution in [1.82, 2.24) is 0 Å². The Labute approximate surface area is 103 Å². The Balaban J connectivity index is 2.18. The van der Waals surface area contributed by atoms with Gasteiger partial charge in [-0.15, -0.1) is 0 Å². The molecule has 2 nitrogen and oxygen atoms in total. The lowest BCUT2D eigenvalue weighted by Crippen LogP contribution is -2.42. The van der Waals surface area contributed by atoms with E-state index in [2.05, 4.69) is 15.9 Å². The van der Waals surface area contributed by atoms with Gasteiger partial charge in [-0.3, -0.25) is 0 Å². The average molecular weight is 288 g/mol. The molecule has 88 valence electrons. The third kappa shape index (κ3) is 2.62. The van der Waals surface area contributed by atoms with Gasteiger partial charge >= 0.3 is 0 Å². The van der Waals surface area contributed by atoms with E-state index in [9.17, 15) is 9.50 Å². The van der Waals surface area contributed by atoms with Gasteiger partial charge in [0.05, 0.1) is 5.60 Å². The van der Waals surface area contributed by atoms with Crippen molar-refractivity contribution < 1.29 is 9.50 Å². The lowest BCUT2D eigenvalue weighted by molar-refractivity contribution is 0.0266. The monoisotopic (exact) mass is 287 g/mol. The summed E-state index contributed by atoms with van der Waals surface area (Å²) in [6.07, 6.45) is 2.46. The standard InChI is InChI=1S/C12H15BrFNO/c13-10-3-8(4-11(14)5-10)6-12(16,7-15)9-1-2-9/h3-5,9,16H,1-2,6-7,15H2. The molecule has 1 aromatic rings. The summed E-state index contributed by atoms with van der Waals surface area (Å²) in [5, 5.41) is 10.3. The molecule has 0 spiro atoms. The van der Waals surface area contributed by atoms with Crippen molar-refractivity contribution in [2.75, 3.05) is 6.54 Å². The first-order chi connectivity index (χ1) is 7.53. The fourth-order valence-electron chi connectivity index (χ4n) is 2.07. The maximum atomic E-state index is 13.2. The molecule has 1 fully saturated rings. The summed E-state index contributed by atoms with van der Waals surface area (Å²) in [6, 6.07) is 4.68. The second kappa shape index (κ2) is 4.43. The van der Waals surface area contributed by atoms with Crippen LogP contribution >= 0.6 is 15.9 Å². The Kier molecular flexibility index (Phi) is 3.33. The van der Waals surface area contributed by atoms with E-state index < -0.39 is 5.60 Å². The van der Waals surface area contributed by atoms with E-state index in [1.54, 1.807) is 0 Å². The molecule has 1 aromatic carbocycles. The molecule has 0 bridgehead atoms. The van der Waals surface area contributed by atoms with Crippen molar-refractivity contribution in [3.05, 3.63) is 34.1 Å². The molecule has 0 radical (unpaired) electrons. The molecule has 3 N–H and O–H groups in total. The molecule has 0 aromatic heterocycles. The van der Waals surface area contributed by atoms with Crippen molar-refractivity contribution in [2.24, 2.45) is 11.7 Å². The van der Waals surface area contributed by atoms with Crippen LogP contribution in [0.2, 0.25) is 0 Å². The fourth-order valence-corrected chi connectivity index (χ4v) is 2.58. The summed E-state index contributed by atoms with van der Waals surface area (Å²) < 4.78 is 13.9. The molecule has 1 aliphatic rings. The van der Waals surface area contributed by atoms with Gasteiger partial charge in [0, 0.05) is 17.4 Å². The molecular formula is C12H15BrFNO. The normalized spacial score (nSPS) is 19.5. The van der Waals surface area contributed by atoms with Crippen molar-refractivity contribution in [2.45, 2.75) is 24.9 Å². The van der Waals surface area contributed by atoms with Crippen LogP contribution < -0.4 is 5.73 Å². The third-order valence-electron chi connectivity index (χ3n) is 3.12.